The molecule has 0 saturated carbocycles. The molecular formula is C28H25F3N8OS. The number of aliphatic hydroxyl groups excluding tert-OH is 1. The van der Waals surface area contributed by atoms with E-state index in [9.17, 15) is 13.9 Å². The normalized spacial score (nSPS) is 13.0. The predicted octanol–water partition coefficient (Wildman–Crippen LogP) is 5.54. The number of nitrogens with zero attached hydrogens (tertiary/aromatic N) is 6. The molecule has 0 atom stereocenters. The van der Waals surface area contributed by atoms with Crippen LogP contribution in [-0.4, -0.2) is 49.5 Å². The van der Waals surface area contributed by atoms with Crippen molar-refractivity contribution >= 4 is 45.9 Å². The quantitative estimate of drug-likeness (QED) is 0.205. The van der Waals surface area contributed by atoms with Gasteiger partial charge in [-0.1, -0.05) is 6.07 Å². The summed E-state index contributed by atoms with van der Waals surface area (Å²) < 4.78 is 48.8. The van der Waals surface area contributed by atoms with Crippen LogP contribution in [0.3, 0.4) is 0 Å². The first-order valence-electron chi connectivity index (χ1n) is 12.9. The average molecular weight is 579 g/mol. The summed E-state index contributed by atoms with van der Waals surface area (Å²) in [5.41, 5.74) is 2.62. The topological polar surface area (TPSA) is 104 Å². The first kappa shape index (κ1) is 26.8. The SMILES string of the molecule is Cc1c(F)cccc1SNc1ccc(F)c(Nc2ncnc3ccc(-n4cc5c(n4)CCCN5CCO)nc23)c1F. The molecule has 1 aliphatic rings. The molecule has 0 unspecified atom stereocenters. The minimum atomic E-state index is -0.877. The number of hydrogen-bond donors (Lipinski definition) is 3. The van der Waals surface area contributed by atoms with E-state index in [1.54, 1.807) is 35.9 Å². The number of hydrogen-bond acceptors (Lipinski definition) is 9. The Kier molecular flexibility index (Phi) is 7.37. The van der Waals surface area contributed by atoms with Gasteiger partial charge in [-0.15, -0.1) is 0 Å². The lowest BCUT2D eigenvalue weighted by atomic mass is 10.1. The standard InChI is InChI=1S/C28H25F3N8OS/c1-16-17(29)4-2-6-23(16)41-37-20-8-7-18(30)26(25(20)31)35-28-27-21(32-15-33-28)9-10-24(34-27)39-14-22-19(36-39)5-3-11-38(22)12-13-40/h2,4,6-10,14-15,37,40H,3,5,11-13H2,1H3,(H,32,33,35). The van der Waals surface area contributed by atoms with Crippen LogP contribution in [-0.2, 0) is 6.42 Å². The Balaban J connectivity index is 1.31. The zero-order valence-corrected chi connectivity index (χ0v) is 22.7. The summed E-state index contributed by atoms with van der Waals surface area (Å²) in [4.78, 5) is 15.8. The van der Waals surface area contributed by atoms with Gasteiger partial charge in [-0.2, -0.15) is 5.10 Å². The number of aliphatic hydroxyl groups is 1. The fourth-order valence-corrected chi connectivity index (χ4v) is 5.47. The number of fused-ring (bicyclic) bond motifs is 2. The van der Waals surface area contributed by atoms with Gasteiger partial charge in [0, 0.05) is 23.5 Å². The Morgan fingerprint density at radius 1 is 1.05 bits per heavy atom. The highest BCUT2D eigenvalue weighted by atomic mass is 32.2. The van der Waals surface area contributed by atoms with Gasteiger partial charge >= 0.3 is 0 Å². The van der Waals surface area contributed by atoms with Crippen LogP contribution in [0.4, 0.5) is 36.1 Å². The molecular weight excluding hydrogens is 553 g/mol. The van der Waals surface area contributed by atoms with E-state index in [1.807, 2.05) is 6.20 Å². The van der Waals surface area contributed by atoms with Gasteiger partial charge in [-0.25, -0.2) is 32.8 Å². The summed E-state index contributed by atoms with van der Waals surface area (Å²) in [5.74, 6) is -1.49. The maximum absolute atomic E-state index is 15.5. The van der Waals surface area contributed by atoms with E-state index in [-0.39, 0.29) is 23.9 Å². The monoisotopic (exact) mass is 578 g/mol. The molecule has 0 bridgehead atoms. The minimum Gasteiger partial charge on any atom is -0.395 e. The number of β-amino-alcohol motifs (C(OH)–C–C–N with tert-alkyl or cyclic N) is 1. The zero-order valence-electron chi connectivity index (χ0n) is 21.9. The van der Waals surface area contributed by atoms with E-state index in [1.165, 1.54) is 18.5 Å². The van der Waals surface area contributed by atoms with Crippen LogP contribution >= 0.6 is 11.9 Å². The molecule has 6 rings (SSSR count). The van der Waals surface area contributed by atoms with Crippen LogP contribution in [0.5, 0.6) is 0 Å². The van der Waals surface area contributed by atoms with Gasteiger partial charge in [-0.05, 0) is 68.1 Å². The first-order valence-corrected chi connectivity index (χ1v) is 13.7. The van der Waals surface area contributed by atoms with Gasteiger partial charge < -0.3 is 20.0 Å². The molecule has 1 aliphatic heterocycles. The van der Waals surface area contributed by atoms with E-state index >= 15 is 4.39 Å². The third kappa shape index (κ3) is 5.25. The number of halogens is 3. The maximum Gasteiger partial charge on any atom is 0.173 e. The van der Waals surface area contributed by atoms with E-state index in [4.69, 9.17) is 0 Å². The largest absolute Gasteiger partial charge is 0.395 e. The molecule has 0 spiro atoms. The molecule has 4 heterocycles. The van der Waals surface area contributed by atoms with Gasteiger partial charge in [0.2, 0.25) is 0 Å². The molecule has 9 nitrogen and oxygen atoms in total. The second-order valence-electron chi connectivity index (χ2n) is 9.46. The number of benzene rings is 2. The number of rotatable bonds is 8. The number of aryl methyl sites for hydroxylation is 1. The second-order valence-corrected chi connectivity index (χ2v) is 10.3. The molecule has 2 aromatic carbocycles. The summed E-state index contributed by atoms with van der Waals surface area (Å²) in [6.07, 6.45) is 4.89. The first-order chi connectivity index (χ1) is 19.9. The van der Waals surface area contributed by atoms with Crippen molar-refractivity contribution < 1.29 is 18.3 Å². The van der Waals surface area contributed by atoms with Crippen LogP contribution < -0.4 is 14.9 Å². The van der Waals surface area contributed by atoms with Gasteiger partial charge in [0.25, 0.3) is 0 Å². The molecule has 5 aromatic rings. The van der Waals surface area contributed by atoms with Gasteiger partial charge in [-0.3, -0.25) is 0 Å². The summed E-state index contributed by atoms with van der Waals surface area (Å²) in [6, 6.07) is 10.5. The molecule has 0 fully saturated rings. The van der Waals surface area contributed by atoms with E-state index in [0.29, 0.717) is 33.9 Å². The molecule has 0 aliphatic carbocycles. The van der Waals surface area contributed by atoms with Crippen molar-refractivity contribution in [1.82, 2.24) is 24.7 Å². The van der Waals surface area contributed by atoms with E-state index in [2.05, 4.69) is 35.0 Å². The number of aromatic nitrogens is 5. The van der Waals surface area contributed by atoms with Crippen molar-refractivity contribution in [2.24, 2.45) is 0 Å². The van der Waals surface area contributed by atoms with Crippen molar-refractivity contribution in [3.63, 3.8) is 0 Å². The zero-order chi connectivity index (χ0) is 28.5. The van der Waals surface area contributed by atoms with Gasteiger partial charge in [0.1, 0.15) is 29.2 Å². The highest BCUT2D eigenvalue weighted by molar-refractivity contribution is 8.00. The second kappa shape index (κ2) is 11.3. The molecule has 210 valence electrons. The highest BCUT2D eigenvalue weighted by Gasteiger charge is 2.22. The van der Waals surface area contributed by atoms with Crippen molar-refractivity contribution in [3.8, 4) is 5.82 Å². The Labute approximate surface area is 237 Å². The predicted molar refractivity (Wildman–Crippen MR) is 152 cm³/mol. The van der Waals surface area contributed by atoms with E-state index in [0.717, 1.165) is 48.8 Å². The maximum atomic E-state index is 15.5. The Morgan fingerprint density at radius 3 is 2.78 bits per heavy atom. The number of pyridine rings is 1. The van der Waals surface area contributed by atoms with E-state index < -0.39 is 17.3 Å². The van der Waals surface area contributed by atoms with Crippen LogP contribution in [0.2, 0.25) is 0 Å². The molecule has 41 heavy (non-hydrogen) atoms. The fraction of sp³-hybridized carbons (Fsp3) is 0.214. The molecule has 3 N–H and O–H groups in total. The number of anilines is 4. The van der Waals surface area contributed by atoms with Crippen LogP contribution in [0.25, 0.3) is 16.9 Å². The van der Waals surface area contributed by atoms with Crippen molar-refractivity contribution in [2.75, 3.05) is 34.6 Å². The Morgan fingerprint density at radius 2 is 1.93 bits per heavy atom. The lowest BCUT2D eigenvalue weighted by Crippen LogP contribution is -2.31. The molecule has 0 amide bonds. The lowest BCUT2D eigenvalue weighted by Gasteiger charge is -2.26. The fourth-order valence-electron chi connectivity index (χ4n) is 4.69. The Hall–Kier alpha value is -4.36. The minimum absolute atomic E-state index is 0.00382. The van der Waals surface area contributed by atoms with Crippen LogP contribution in [0.15, 0.2) is 59.9 Å². The smallest absolute Gasteiger partial charge is 0.173 e. The summed E-state index contributed by atoms with van der Waals surface area (Å²) in [5, 5.41) is 16.9. The third-order valence-corrected chi connectivity index (χ3v) is 7.83. The van der Waals surface area contributed by atoms with Crippen LogP contribution in [0, 0.1) is 24.4 Å². The molecule has 0 saturated heterocycles. The Bertz CT molecular complexity index is 1750. The highest BCUT2D eigenvalue weighted by Crippen LogP contribution is 2.34. The third-order valence-electron chi connectivity index (χ3n) is 6.85. The lowest BCUT2D eigenvalue weighted by molar-refractivity contribution is 0.301. The number of nitrogens with one attached hydrogen (secondary N) is 2. The summed E-state index contributed by atoms with van der Waals surface area (Å²) in [6.45, 7) is 3.01. The summed E-state index contributed by atoms with van der Waals surface area (Å²) >= 11 is 1.02. The van der Waals surface area contributed by atoms with Gasteiger partial charge in [0.05, 0.1) is 35.4 Å². The van der Waals surface area contributed by atoms with Crippen LogP contribution in [0.1, 0.15) is 17.7 Å². The average Bonchev–Trinajstić information content (AvgIpc) is 3.42. The summed E-state index contributed by atoms with van der Waals surface area (Å²) in [7, 11) is 0. The van der Waals surface area contributed by atoms with Crippen molar-refractivity contribution in [1.29, 1.82) is 0 Å². The molecule has 0 radical (unpaired) electrons. The van der Waals surface area contributed by atoms with Crippen molar-refractivity contribution in [3.05, 3.63) is 83.7 Å². The molecule has 13 heteroatoms. The van der Waals surface area contributed by atoms with Gasteiger partial charge in [0.15, 0.2) is 17.5 Å². The molecule has 3 aromatic heterocycles. The van der Waals surface area contributed by atoms with Crippen molar-refractivity contribution in [2.45, 2.75) is 24.7 Å².